The van der Waals surface area contributed by atoms with E-state index in [0.29, 0.717) is 17.4 Å². The second kappa shape index (κ2) is 9.36. The minimum Gasteiger partial charge on any atom is -0.497 e. The van der Waals surface area contributed by atoms with E-state index < -0.39 is 0 Å². The number of methoxy groups -OCH3 is 1. The molecule has 0 unspecified atom stereocenters. The van der Waals surface area contributed by atoms with Crippen LogP contribution in [0.4, 0.5) is 5.82 Å². The molecular formula is C19H22N4O3S. The van der Waals surface area contributed by atoms with Crippen molar-refractivity contribution >= 4 is 29.4 Å². The average Bonchev–Trinajstić information content (AvgIpc) is 3.53. The SMILES string of the molecule is COc1ccc(CCNC(=O)CSc2ccc(NC(=O)C3CC3)nn2)cc1. The molecule has 1 heterocycles. The summed E-state index contributed by atoms with van der Waals surface area (Å²) in [5.74, 6) is 1.61. The van der Waals surface area contributed by atoms with E-state index in [2.05, 4.69) is 20.8 Å². The highest BCUT2D eigenvalue weighted by atomic mass is 32.2. The summed E-state index contributed by atoms with van der Waals surface area (Å²) in [5, 5.41) is 14.3. The molecule has 1 saturated carbocycles. The van der Waals surface area contributed by atoms with E-state index in [1.54, 1.807) is 19.2 Å². The molecule has 0 aliphatic heterocycles. The third-order valence-corrected chi connectivity index (χ3v) is 5.01. The van der Waals surface area contributed by atoms with Crippen molar-refractivity contribution in [3.8, 4) is 5.75 Å². The lowest BCUT2D eigenvalue weighted by molar-refractivity contribution is -0.118. The maximum absolute atomic E-state index is 11.9. The van der Waals surface area contributed by atoms with E-state index in [1.165, 1.54) is 11.8 Å². The third-order valence-electron chi connectivity index (χ3n) is 4.09. The Morgan fingerprint density at radius 1 is 1.15 bits per heavy atom. The molecule has 1 aromatic carbocycles. The van der Waals surface area contributed by atoms with Gasteiger partial charge in [0.25, 0.3) is 0 Å². The number of ether oxygens (including phenoxy) is 1. The molecule has 7 nitrogen and oxygen atoms in total. The molecule has 2 N–H and O–H groups in total. The lowest BCUT2D eigenvalue weighted by Gasteiger charge is -2.06. The molecule has 3 rings (SSSR count). The van der Waals surface area contributed by atoms with Gasteiger partial charge in [-0.1, -0.05) is 23.9 Å². The minimum absolute atomic E-state index is 0.000871. The molecule has 1 aliphatic rings. The van der Waals surface area contributed by atoms with Gasteiger partial charge in [-0.05, 0) is 49.1 Å². The fraction of sp³-hybridized carbons (Fsp3) is 0.368. The summed E-state index contributed by atoms with van der Waals surface area (Å²) in [7, 11) is 1.63. The quantitative estimate of drug-likeness (QED) is 0.642. The number of amides is 2. The smallest absolute Gasteiger partial charge is 0.230 e. The number of hydrogen-bond acceptors (Lipinski definition) is 6. The molecule has 0 bridgehead atoms. The van der Waals surface area contributed by atoms with Crippen LogP contribution in [0.3, 0.4) is 0 Å². The fourth-order valence-electron chi connectivity index (χ4n) is 2.37. The highest BCUT2D eigenvalue weighted by Gasteiger charge is 2.29. The number of thioether (sulfide) groups is 1. The molecule has 1 aliphatic carbocycles. The number of carbonyl (C=O) groups is 2. The molecule has 2 aromatic rings. The van der Waals surface area contributed by atoms with Crippen molar-refractivity contribution in [1.29, 1.82) is 0 Å². The Balaban J connectivity index is 1.35. The zero-order valence-electron chi connectivity index (χ0n) is 15.1. The Morgan fingerprint density at radius 3 is 2.56 bits per heavy atom. The molecule has 27 heavy (non-hydrogen) atoms. The normalized spacial score (nSPS) is 13.1. The van der Waals surface area contributed by atoms with Gasteiger partial charge >= 0.3 is 0 Å². The molecular weight excluding hydrogens is 364 g/mol. The summed E-state index contributed by atoms with van der Waals surface area (Å²) in [5.41, 5.74) is 1.14. The van der Waals surface area contributed by atoms with Gasteiger partial charge in [0, 0.05) is 12.5 Å². The van der Waals surface area contributed by atoms with Crippen molar-refractivity contribution < 1.29 is 14.3 Å². The van der Waals surface area contributed by atoms with Crippen LogP contribution >= 0.6 is 11.8 Å². The molecule has 1 aromatic heterocycles. The van der Waals surface area contributed by atoms with Crippen molar-refractivity contribution in [2.24, 2.45) is 5.92 Å². The van der Waals surface area contributed by atoms with Gasteiger partial charge in [-0.25, -0.2) is 0 Å². The number of carbonyl (C=O) groups excluding carboxylic acids is 2. The van der Waals surface area contributed by atoms with Crippen LogP contribution in [0.1, 0.15) is 18.4 Å². The zero-order valence-corrected chi connectivity index (χ0v) is 15.9. The van der Waals surface area contributed by atoms with Gasteiger partial charge in [0.15, 0.2) is 5.82 Å². The van der Waals surface area contributed by atoms with Gasteiger partial charge in [0.1, 0.15) is 10.8 Å². The lowest BCUT2D eigenvalue weighted by Crippen LogP contribution is -2.27. The van der Waals surface area contributed by atoms with Crippen LogP contribution in [0, 0.1) is 5.92 Å². The van der Waals surface area contributed by atoms with Gasteiger partial charge in [-0.15, -0.1) is 10.2 Å². The first-order valence-corrected chi connectivity index (χ1v) is 9.79. The number of nitrogens with one attached hydrogen (secondary N) is 2. The Kier molecular flexibility index (Phi) is 6.64. The number of rotatable bonds is 9. The second-order valence-electron chi connectivity index (χ2n) is 6.26. The Labute approximate surface area is 162 Å². The first kappa shape index (κ1) is 19.2. The number of nitrogens with zero attached hydrogens (tertiary/aromatic N) is 2. The van der Waals surface area contributed by atoms with Crippen molar-refractivity contribution in [3.63, 3.8) is 0 Å². The molecule has 142 valence electrons. The van der Waals surface area contributed by atoms with Crippen molar-refractivity contribution in [2.45, 2.75) is 24.3 Å². The summed E-state index contributed by atoms with van der Waals surface area (Å²) < 4.78 is 5.12. The summed E-state index contributed by atoms with van der Waals surface area (Å²) in [6.07, 6.45) is 2.65. The highest BCUT2D eigenvalue weighted by Crippen LogP contribution is 2.29. The van der Waals surface area contributed by atoms with Crippen LogP contribution in [0.15, 0.2) is 41.4 Å². The van der Waals surface area contributed by atoms with Gasteiger partial charge in [-0.3, -0.25) is 9.59 Å². The predicted octanol–water partition coefficient (Wildman–Crippen LogP) is 2.28. The van der Waals surface area contributed by atoms with Crippen LogP contribution < -0.4 is 15.4 Å². The third kappa shape index (κ3) is 6.25. The van der Waals surface area contributed by atoms with Crippen LogP contribution in [0.5, 0.6) is 5.75 Å². The number of aromatic nitrogens is 2. The Bertz CT molecular complexity index is 777. The standard InChI is InChI=1S/C19H22N4O3S/c1-26-15-6-2-13(3-7-15)10-11-20-17(24)12-27-18-9-8-16(22-23-18)21-19(25)14-4-5-14/h2-3,6-9,14H,4-5,10-12H2,1H3,(H,20,24)(H,21,22,25). The zero-order chi connectivity index (χ0) is 19.1. The maximum Gasteiger partial charge on any atom is 0.230 e. The van der Waals surface area contributed by atoms with Crippen LogP contribution in [-0.2, 0) is 16.0 Å². The minimum atomic E-state index is -0.0542. The molecule has 0 saturated heterocycles. The first-order valence-electron chi connectivity index (χ1n) is 8.81. The van der Waals surface area contributed by atoms with E-state index in [0.717, 1.165) is 30.6 Å². The largest absolute Gasteiger partial charge is 0.497 e. The Hall–Kier alpha value is -2.61. The second-order valence-corrected chi connectivity index (χ2v) is 7.25. The van der Waals surface area contributed by atoms with Crippen molar-refractivity contribution in [1.82, 2.24) is 15.5 Å². The molecule has 1 fully saturated rings. The van der Waals surface area contributed by atoms with Crippen LogP contribution in [0.25, 0.3) is 0 Å². The first-order chi connectivity index (χ1) is 13.1. The molecule has 0 radical (unpaired) electrons. The molecule has 0 spiro atoms. The summed E-state index contributed by atoms with van der Waals surface area (Å²) in [6, 6.07) is 11.2. The number of anilines is 1. The van der Waals surface area contributed by atoms with Crippen molar-refractivity contribution in [2.75, 3.05) is 24.7 Å². The van der Waals surface area contributed by atoms with Crippen LogP contribution in [-0.4, -0.2) is 41.4 Å². The van der Waals surface area contributed by atoms with E-state index in [-0.39, 0.29) is 23.5 Å². The van der Waals surface area contributed by atoms with E-state index in [4.69, 9.17) is 4.74 Å². The Morgan fingerprint density at radius 2 is 1.93 bits per heavy atom. The number of benzene rings is 1. The fourth-order valence-corrected chi connectivity index (χ4v) is 3.01. The molecule has 0 atom stereocenters. The van der Waals surface area contributed by atoms with E-state index in [1.807, 2.05) is 24.3 Å². The number of hydrogen-bond donors (Lipinski definition) is 2. The summed E-state index contributed by atoms with van der Waals surface area (Å²) in [6.45, 7) is 0.573. The summed E-state index contributed by atoms with van der Waals surface area (Å²) >= 11 is 1.31. The molecule has 8 heteroatoms. The van der Waals surface area contributed by atoms with Gasteiger partial charge < -0.3 is 15.4 Å². The van der Waals surface area contributed by atoms with Gasteiger partial charge in [-0.2, -0.15) is 0 Å². The predicted molar refractivity (Wildman–Crippen MR) is 104 cm³/mol. The highest BCUT2D eigenvalue weighted by molar-refractivity contribution is 7.99. The van der Waals surface area contributed by atoms with Crippen molar-refractivity contribution in [3.05, 3.63) is 42.0 Å². The van der Waals surface area contributed by atoms with Gasteiger partial charge in [0.05, 0.1) is 12.9 Å². The maximum atomic E-state index is 11.9. The monoisotopic (exact) mass is 386 g/mol. The van der Waals surface area contributed by atoms with E-state index in [9.17, 15) is 9.59 Å². The van der Waals surface area contributed by atoms with Crippen LogP contribution in [0.2, 0.25) is 0 Å². The average molecular weight is 386 g/mol. The summed E-state index contributed by atoms with van der Waals surface area (Å²) in [4.78, 5) is 23.6. The van der Waals surface area contributed by atoms with Gasteiger partial charge in [0.2, 0.25) is 11.8 Å². The van der Waals surface area contributed by atoms with E-state index >= 15 is 0 Å². The lowest BCUT2D eigenvalue weighted by atomic mass is 10.1. The molecule has 2 amide bonds. The topological polar surface area (TPSA) is 93.2 Å².